The third kappa shape index (κ3) is 4.65. The molecule has 0 atom stereocenters. The molecule has 0 radical (unpaired) electrons. The van der Waals surface area contributed by atoms with Crippen LogP contribution in [-0.2, 0) is 13.1 Å². The Bertz CT molecular complexity index is 1380. The highest BCUT2D eigenvalue weighted by Gasteiger charge is 2.27. The van der Waals surface area contributed by atoms with Gasteiger partial charge in [-0.2, -0.15) is 0 Å². The highest BCUT2D eigenvalue weighted by atomic mass is 16.3. The van der Waals surface area contributed by atoms with Crippen LogP contribution in [0.2, 0.25) is 0 Å². The predicted molar refractivity (Wildman–Crippen MR) is 127 cm³/mol. The van der Waals surface area contributed by atoms with Crippen LogP contribution in [0.25, 0.3) is 11.4 Å². The van der Waals surface area contributed by atoms with Gasteiger partial charge >= 0.3 is 5.69 Å². The monoisotopic (exact) mass is 460 g/mol. The van der Waals surface area contributed by atoms with E-state index in [0.717, 1.165) is 12.0 Å². The minimum absolute atomic E-state index is 0.0778. The van der Waals surface area contributed by atoms with E-state index in [1.165, 1.54) is 28.1 Å². The summed E-state index contributed by atoms with van der Waals surface area (Å²) in [6.07, 6.45) is 5.75. The summed E-state index contributed by atoms with van der Waals surface area (Å²) >= 11 is 0. The molecular formula is C24H24N6O4. The Labute approximate surface area is 194 Å². The van der Waals surface area contributed by atoms with E-state index < -0.39 is 17.2 Å². The standard InChI is InChI=1S/C24H24N6O4/c1-2-3-11-29-20(25)19(22(31)28-24(29)33)30(15-18-10-7-12-34-18)23(32)17-13-26-21(27-14-17)16-8-5-4-6-9-16/h4-10,12-14H,2-3,11,15,25H2,1H3,(H,28,31,33). The number of nitrogens with zero attached hydrogens (tertiary/aromatic N) is 4. The second kappa shape index (κ2) is 9.99. The number of hydrogen-bond acceptors (Lipinski definition) is 7. The summed E-state index contributed by atoms with van der Waals surface area (Å²) in [6, 6.07) is 12.7. The molecule has 10 nitrogen and oxygen atoms in total. The fraction of sp³-hybridized carbons (Fsp3) is 0.208. The largest absolute Gasteiger partial charge is 0.467 e. The van der Waals surface area contributed by atoms with Crippen molar-refractivity contribution in [2.24, 2.45) is 0 Å². The number of H-pyrrole nitrogens is 1. The number of aromatic amines is 1. The number of carbonyl (C=O) groups excluding carboxylic acids is 1. The van der Waals surface area contributed by atoms with E-state index in [4.69, 9.17) is 10.2 Å². The first-order valence-electron chi connectivity index (χ1n) is 10.8. The third-order valence-electron chi connectivity index (χ3n) is 5.29. The van der Waals surface area contributed by atoms with Gasteiger partial charge in [0, 0.05) is 24.5 Å². The Kier molecular flexibility index (Phi) is 6.67. The van der Waals surface area contributed by atoms with Crippen molar-refractivity contribution in [3.8, 4) is 11.4 Å². The molecule has 0 fully saturated rings. The summed E-state index contributed by atoms with van der Waals surface area (Å²) in [5, 5.41) is 0. The van der Waals surface area contributed by atoms with Crippen LogP contribution in [0, 0.1) is 0 Å². The zero-order chi connectivity index (χ0) is 24.1. The molecular weight excluding hydrogens is 436 g/mol. The average molecular weight is 460 g/mol. The van der Waals surface area contributed by atoms with E-state index in [-0.39, 0.29) is 23.6 Å². The first kappa shape index (κ1) is 22.7. The average Bonchev–Trinajstić information content (AvgIpc) is 3.37. The molecule has 0 unspecified atom stereocenters. The van der Waals surface area contributed by atoms with Gasteiger partial charge in [0.05, 0.1) is 18.4 Å². The minimum atomic E-state index is -0.767. The number of amides is 1. The van der Waals surface area contributed by atoms with Gasteiger partial charge in [0.15, 0.2) is 11.5 Å². The molecule has 0 saturated heterocycles. The lowest BCUT2D eigenvalue weighted by Crippen LogP contribution is -2.41. The molecule has 0 bridgehead atoms. The van der Waals surface area contributed by atoms with E-state index in [0.29, 0.717) is 24.6 Å². The number of nitrogen functional groups attached to an aromatic ring is 1. The molecule has 1 aromatic carbocycles. The summed E-state index contributed by atoms with van der Waals surface area (Å²) in [4.78, 5) is 50.8. The van der Waals surface area contributed by atoms with E-state index in [9.17, 15) is 14.4 Å². The number of rotatable bonds is 8. The maximum atomic E-state index is 13.5. The molecule has 0 aliphatic rings. The lowest BCUT2D eigenvalue weighted by atomic mass is 10.2. The van der Waals surface area contributed by atoms with E-state index in [1.807, 2.05) is 37.3 Å². The lowest BCUT2D eigenvalue weighted by molar-refractivity contribution is 0.0982. The fourth-order valence-electron chi connectivity index (χ4n) is 3.52. The number of carbonyl (C=O) groups is 1. The normalized spacial score (nSPS) is 10.9. The molecule has 0 aliphatic carbocycles. The molecule has 0 spiro atoms. The number of anilines is 2. The summed E-state index contributed by atoms with van der Waals surface area (Å²) in [5.41, 5.74) is 5.69. The zero-order valence-electron chi connectivity index (χ0n) is 18.6. The topological polar surface area (TPSA) is 140 Å². The van der Waals surface area contributed by atoms with Crippen molar-refractivity contribution in [2.75, 3.05) is 10.6 Å². The van der Waals surface area contributed by atoms with Crippen LogP contribution in [0.15, 0.2) is 75.1 Å². The smallest absolute Gasteiger partial charge is 0.330 e. The van der Waals surface area contributed by atoms with Gasteiger partial charge in [0.2, 0.25) is 0 Å². The van der Waals surface area contributed by atoms with Crippen LogP contribution in [0.4, 0.5) is 11.5 Å². The Hall–Kier alpha value is -4.47. The van der Waals surface area contributed by atoms with Crippen molar-refractivity contribution in [1.82, 2.24) is 19.5 Å². The van der Waals surface area contributed by atoms with Gasteiger partial charge in [0.25, 0.3) is 11.5 Å². The molecule has 3 N–H and O–H groups in total. The zero-order valence-corrected chi connectivity index (χ0v) is 18.6. The van der Waals surface area contributed by atoms with Crippen molar-refractivity contribution in [3.05, 3.63) is 93.3 Å². The molecule has 4 aromatic rings. The van der Waals surface area contributed by atoms with Gasteiger partial charge in [-0.1, -0.05) is 43.7 Å². The molecule has 4 rings (SSSR count). The van der Waals surface area contributed by atoms with E-state index in [1.54, 1.807) is 12.1 Å². The first-order chi connectivity index (χ1) is 16.5. The van der Waals surface area contributed by atoms with Crippen molar-refractivity contribution >= 4 is 17.4 Å². The second-order valence-electron chi connectivity index (χ2n) is 7.63. The molecule has 10 heteroatoms. The van der Waals surface area contributed by atoms with Crippen LogP contribution in [0.1, 0.15) is 35.9 Å². The van der Waals surface area contributed by atoms with Gasteiger partial charge < -0.3 is 10.2 Å². The highest BCUT2D eigenvalue weighted by Crippen LogP contribution is 2.23. The summed E-state index contributed by atoms with van der Waals surface area (Å²) in [7, 11) is 0. The van der Waals surface area contributed by atoms with Crippen LogP contribution < -0.4 is 21.9 Å². The van der Waals surface area contributed by atoms with Crippen molar-refractivity contribution in [2.45, 2.75) is 32.9 Å². The van der Waals surface area contributed by atoms with Crippen LogP contribution in [0.5, 0.6) is 0 Å². The van der Waals surface area contributed by atoms with Gasteiger partial charge in [-0.05, 0) is 18.6 Å². The maximum absolute atomic E-state index is 13.5. The molecule has 0 aliphatic heterocycles. The summed E-state index contributed by atoms with van der Waals surface area (Å²) in [6.45, 7) is 2.20. The number of nitrogens with one attached hydrogen (secondary N) is 1. The first-order valence-corrected chi connectivity index (χ1v) is 10.8. The Balaban J connectivity index is 1.76. The molecule has 0 saturated carbocycles. The van der Waals surface area contributed by atoms with Gasteiger partial charge in [-0.15, -0.1) is 0 Å². The van der Waals surface area contributed by atoms with Crippen LogP contribution >= 0.6 is 0 Å². The van der Waals surface area contributed by atoms with E-state index >= 15 is 0 Å². The third-order valence-corrected chi connectivity index (χ3v) is 5.29. The predicted octanol–water partition coefficient (Wildman–Crippen LogP) is 2.82. The quantitative estimate of drug-likeness (QED) is 0.412. The van der Waals surface area contributed by atoms with Crippen molar-refractivity contribution in [3.63, 3.8) is 0 Å². The van der Waals surface area contributed by atoms with Gasteiger partial charge in [-0.25, -0.2) is 14.8 Å². The summed E-state index contributed by atoms with van der Waals surface area (Å²) in [5.74, 6) is 0.235. The molecule has 34 heavy (non-hydrogen) atoms. The number of unbranched alkanes of at least 4 members (excludes halogenated alkanes) is 1. The Morgan fingerprint density at radius 3 is 2.50 bits per heavy atom. The Morgan fingerprint density at radius 2 is 1.85 bits per heavy atom. The van der Waals surface area contributed by atoms with Gasteiger partial charge in [0.1, 0.15) is 11.6 Å². The highest BCUT2D eigenvalue weighted by molar-refractivity contribution is 6.06. The van der Waals surface area contributed by atoms with Crippen LogP contribution in [0.3, 0.4) is 0 Å². The maximum Gasteiger partial charge on any atom is 0.330 e. The number of aromatic nitrogens is 4. The number of furan rings is 1. The Morgan fingerprint density at radius 1 is 1.12 bits per heavy atom. The number of benzene rings is 1. The van der Waals surface area contributed by atoms with Crippen LogP contribution in [-0.4, -0.2) is 25.4 Å². The molecule has 174 valence electrons. The molecule has 3 aromatic heterocycles. The molecule has 3 heterocycles. The fourth-order valence-corrected chi connectivity index (χ4v) is 3.52. The van der Waals surface area contributed by atoms with Gasteiger partial charge in [-0.3, -0.25) is 24.0 Å². The summed E-state index contributed by atoms with van der Waals surface area (Å²) < 4.78 is 6.66. The van der Waals surface area contributed by atoms with E-state index in [2.05, 4.69) is 15.0 Å². The number of nitrogens with two attached hydrogens (primary N) is 1. The SMILES string of the molecule is CCCCn1c(N)c(N(Cc2ccco2)C(=O)c2cnc(-c3ccccc3)nc2)c(=O)[nH]c1=O. The number of hydrogen-bond donors (Lipinski definition) is 2. The molecule has 1 amide bonds. The lowest BCUT2D eigenvalue weighted by Gasteiger charge is -2.23. The minimum Gasteiger partial charge on any atom is -0.467 e. The van der Waals surface area contributed by atoms with Crippen molar-refractivity contribution < 1.29 is 9.21 Å². The van der Waals surface area contributed by atoms with Crippen molar-refractivity contribution in [1.29, 1.82) is 0 Å². The second-order valence-corrected chi connectivity index (χ2v) is 7.63.